The molecule has 1 aliphatic rings. The summed E-state index contributed by atoms with van der Waals surface area (Å²) in [7, 11) is 0. The number of benzene rings is 3. The normalized spacial score (nSPS) is 12.8. The van der Waals surface area contributed by atoms with Crippen LogP contribution in [0.15, 0.2) is 78.9 Å². The topological polar surface area (TPSA) is 95.9 Å². The first-order valence-electron chi connectivity index (χ1n) is 11.7. The van der Waals surface area contributed by atoms with Crippen molar-refractivity contribution in [1.29, 1.82) is 0 Å². The number of rotatable bonds is 9. The summed E-state index contributed by atoms with van der Waals surface area (Å²) in [6.45, 7) is 1.80. The Morgan fingerprint density at radius 1 is 0.914 bits per heavy atom. The number of hydrogen-bond donors (Lipinski definition) is 2. The summed E-state index contributed by atoms with van der Waals surface area (Å²) in [5, 5.41) is 11.9. The maximum Gasteiger partial charge on any atom is 0.408 e. The lowest BCUT2D eigenvalue weighted by Crippen LogP contribution is -2.45. The van der Waals surface area contributed by atoms with Gasteiger partial charge >= 0.3 is 12.1 Å². The van der Waals surface area contributed by atoms with E-state index in [4.69, 9.17) is 4.74 Å². The Kier molecular flexibility index (Phi) is 7.45. The lowest BCUT2D eigenvalue weighted by molar-refractivity contribution is -0.145. The number of ether oxygens (including phenoxy) is 1. The molecule has 2 amide bonds. The van der Waals surface area contributed by atoms with Crippen LogP contribution in [0.3, 0.4) is 0 Å². The van der Waals surface area contributed by atoms with Gasteiger partial charge in [-0.05, 0) is 34.2 Å². The van der Waals surface area contributed by atoms with E-state index in [0.717, 1.165) is 22.3 Å². The first kappa shape index (κ1) is 24.0. The molecular weight excluding hydrogens is 444 g/mol. The number of carboxylic acids is 1. The second-order valence-corrected chi connectivity index (χ2v) is 8.47. The van der Waals surface area contributed by atoms with E-state index in [2.05, 4.69) is 17.4 Å². The quantitative estimate of drug-likeness (QED) is 0.475. The minimum atomic E-state index is -1.11. The summed E-state index contributed by atoms with van der Waals surface area (Å²) in [6, 6.07) is 23.8. The summed E-state index contributed by atoms with van der Waals surface area (Å²) >= 11 is 0. The minimum Gasteiger partial charge on any atom is -0.480 e. The van der Waals surface area contributed by atoms with E-state index in [1.807, 2.05) is 43.3 Å². The lowest BCUT2D eigenvalue weighted by atomic mass is 9.98. The highest BCUT2D eigenvalue weighted by Crippen LogP contribution is 2.44. The molecule has 0 spiro atoms. The van der Waals surface area contributed by atoms with Crippen LogP contribution in [0.1, 0.15) is 42.0 Å². The van der Waals surface area contributed by atoms with Gasteiger partial charge in [-0.1, -0.05) is 85.8 Å². The third-order valence-electron chi connectivity index (χ3n) is 6.12. The molecule has 0 aliphatic heterocycles. The maximum absolute atomic E-state index is 13.3. The summed E-state index contributed by atoms with van der Waals surface area (Å²) in [5.74, 6) is -1.71. The van der Waals surface area contributed by atoms with Crippen LogP contribution < -0.4 is 5.32 Å². The molecule has 0 aromatic heterocycles. The molecule has 0 bridgehead atoms. The molecule has 4 rings (SSSR count). The van der Waals surface area contributed by atoms with Crippen LogP contribution in [0.2, 0.25) is 0 Å². The number of carbonyl (C=O) groups excluding carboxylic acids is 2. The van der Waals surface area contributed by atoms with Crippen molar-refractivity contribution in [3.05, 3.63) is 95.6 Å². The van der Waals surface area contributed by atoms with Gasteiger partial charge in [0.2, 0.25) is 5.91 Å². The molecule has 1 atom stereocenters. The fourth-order valence-electron chi connectivity index (χ4n) is 4.57. The monoisotopic (exact) mass is 472 g/mol. The smallest absolute Gasteiger partial charge is 0.408 e. The third-order valence-corrected chi connectivity index (χ3v) is 6.12. The number of carboxylic acid groups (broad SMARTS) is 1. The maximum atomic E-state index is 13.3. The Morgan fingerprint density at radius 3 is 2.06 bits per heavy atom. The van der Waals surface area contributed by atoms with Gasteiger partial charge in [-0.15, -0.1) is 0 Å². The number of hydrogen-bond acceptors (Lipinski definition) is 4. The fourth-order valence-corrected chi connectivity index (χ4v) is 4.57. The zero-order valence-corrected chi connectivity index (χ0v) is 19.5. The zero-order valence-electron chi connectivity index (χ0n) is 19.5. The average Bonchev–Trinajstić information content (AvgIpc) is 3.19. The van der Waals surface area contributed by atoms with Crippen LogP contribution in [-0.2, 0) is 14.3 Å². The standard InChI is InChI=1S/C28H28N2O5/c1-2-16-30(17-25(31)32)27(33)26(19-10-4-3-5-11-19)29-28(34)35-18-24-22-14-8-6-12-20(22)21-13-7-9-15-23(21)24/h3-15,24,26H,2,16-18H2,1H3,(H,29,34)(H,31,32)/t26-/m1/s1. The van der Waals surface area contributed by atoms with Crippen molar-refractivity contribution in [1.82, 2.24) is 10.2 Å². The molecule has 1 aliphatic carbocycles. The Balaban J connectivity index is 1.51. The number of nitrogens with one attached hydrogen (secondary N) is 1. The van der Waals surface area contributed by atoms with Gasteiger partial charge in [-0.25, -0.2) is 4.79 Å². The van der Waals surface area contributed by atoms with E-state index in [1.165, 1.54) is 4.90 Å². The highest BCUT2D eigenvalue weighted by molar-refractivity contribution is 5.89. The van der Waals surface area contributed by atoms with Gasteiger partial charge in [-0.2, -0.15) is 0 Å². The SMILES string of the molecule is CCCN(CC(=O)O)C(=O)[C@H](NC(=O)OCC1c2ccccc2-c2ccccc21)c1ccccc1. The van der Waals surface area contributed by atoms with E-state index < -0.39 is 30.6 Å². The molecule has 0 saturated carbocycles. The van der Waals surface area contributed by atoms with Gasteiger partial charge in [0.15, 0.2) is 0 Å². The van der Waals surface area contributed by atoms with Crippen LogP contribution >= 0.6 is 0 Å². The van der Waals surface area contributed by atoms with Gasteiger partial charge < -0.3 is 20.1 Å². The van der Waals surface area contributed by atoms with Crippen LogP contribution in [0.25, 0.3) is 11.1 Å². The second kappa shape index (κ2) is 10.9. The van der Waals surface area contributed by atoms with Gasteiger partial charge in [0.25, 0.3) is 0 Å². The first-order valence-corrected chi connectivity index (χ1v) is 11.7. The predicted molar refractivity (Wildman–Crippen MR) is 132 cm³/mol. The Hall–Kier alpha value is -4.13. The number of alkyl carbamates (subject to hydrolysis) is 1. The Labute approximate surface area is 204 Å². The number of aliphatic carboxylic acids is 1. The van der Waals surface area contributed by atoms with Crippen LogP contribution in [0.4, 0.5) is 4.79 Å². The molecule has 7 nitrogen and oxygen atoms in total. The highest BCUT2D eigenvalue weighted by atomic mass is 16.5. The molecule has 0 unspecified atom stereocenters. The molecule has 3 aromatic carbocycles. The van der Waals surface area contributed by atoms with Gasteiger partial charge in [-0.3, -0.25) is 9.59 Å². The van der Waals surface area contributed by atoms with E-state index in [-0.39, 0.29) is 19.1 Å². The van der Waals surface area contributed by atoms with Crippen molar-refractivity contribution in [2.24, 2.45) is 0 Å². The number of nitrogens with zero attached hydrogens (tertiary/aromatic N) is 1. The Morgan fingerprint density at radius 2 is 1.49 bits per heavy atom. The molecule has 2 N–H and O–H groups in total. The van der Waals surface area contributed by atoms with Gasteiger partial charge in [0, 0.05) is 12.5 Å². The first-order chi connectivity index (χ1) is 17.0. The molecular formula is C28H28N2O5. The summed E-state index contributed by atoms with van der Waals surface area (Å²) < 4.78 is 5.63. The minimum absolute atomic E-state index is 0.109. The number of fused-ring (bicyclic) bond motifs is 3. The lowest BCUT2D eigenvalue weighted by Gasteiger charge is -2.26. The van der Waals surface area contributed by atoms with E-state index >= 15 is 0 Å². The molecule has 7 heteroatoms. The molecule has 0 heterocycles. The number of amides is 2. The molecule has 0 saturated heterocycles. The molecule has 3 aromatic rings. The summed E-state index contributed by atoms with van der Waals surface area (Å²) in [5.41, 5.74) is 4.98. The molecule has 35 heavy (non-hydrogen) atoms. The van der Waals surface area contributed by atoms with E-state index in [0.29, 0.717) is 12.0 Å². The van der Waals surface area contributed by atoms with Crippen molar-refractivity contribution in [3.63, 3.8) is 0 Å². The van der Waals surface area contributed by atoms with E-state index in [1.54, 1.807) is 30.3 Å². The van der Waals surface area contributed by atoms with Crippen molar-refractivity contribution in [2.75, 3.05) is 19.7 Å². The van der Waals surface area contributed by atoms with Crippen molar-refractivity contribution in [2.45, 2.75) is 25.3 Å². The Bertz CT molecular complexity index is 1170. The predicted octanol–water partition coefficient (Wildman–Crippen LogP) is 4.59. The second-order valence-electron chi connectivity index (χ2n) is 8.47. The number of carbonyl (C=O) groups is 3. The van der Waals surface area contributed by atoms with Crippen LogP contribution in [0, 0.1) is 0 Å². The van der Waals surface area contributed by atoms with Crippen molar-refractivity contribution in [3.8, 4) is 11.1 Å². The highest BCUT2D eigenvalue weighted by Gasteiger charge is 2.31. The zero-order chi connectivity index (χ0) is 24.8. The third kappa shape index (κ3) is 5.35. The molecule has 0 fully saturated rings. The molecule has 0 radical (unpaired) electrons. The van der Waals surface area contributed by atoms with Crippen LogP contribution in [0.5, 0.6) is 0 Å². The molecule has 180 valence electrons. The van der Waals surface area contributed by atoms with Crippen LogP contribution in [-0.4, -0.2) is 47.7 Å². The van der Waals surface area contributed by atoms with Crippen molar-refractivity contribution < 1.29 is 24.2 Å². The fraction of sp³-hybridized carbons (Fsp3) is 0.250. The van der Waals surface area contributed by atoms with Crippen molar-refractivity contribution >= 4 is 18.0 Å². The summed E-state index contributed by atoms with van der Waals surface area (Å²) in [4.78, 5) is 38.7. The summed E-state index contributed by atoms with van der Waals surface area (Å²) in [6.07, 6.45) is -0.147. The average molecular weight is 473 g/mol. The van der Waals surface area contributed by atoms with Gasteiger partial charge in [0.05, 0.1) is 0 Å². The van der Waals surface area contributed by atoms with Gasteiger partial charge in [0.1, 0.15) is 19.2 Å². The van der Waals surface area contributed by atoms with E-state index in [9.17, 15) is 19.5 Å². The largest absolute Gasteiger partial charge is 0.480 e.